The van der Waals surface area contributed by atoms with Gasteiger partial charge in [0.25, 0.3) is 10.0 Å². The summed E-state index contributed by atoms with van der Waals surface area (Å²) in [6.45, 7) is 3.03. The number of nitrogens with zero attached hydrogens (tertiary/aromatic N) is 4. The molecule has 6 aromatic rings. The third-order valence-corrected chi connectivity index (χ3v) is 9.55. The normalized spacial score (nSPS) is 12.0. The number of benzene rings is 4. The van der Waals surface area contributed by atoms with Crippen molar-refractivity contribution in [1.82, 2.24) is 18.4 Å². The first-order chi connectivity index (χ1) is 20.6. The fourth-order valence-electron chi connectivity index (χ4n) is 5.30. The van der Waals surface area contributed by atoms with Gasteiger partial charge in [0.15, 0.2) is 0 Å². The highest BCUT2D eigenvalue weighted by Gasteiger charge is 2.27. The molecule has 6 rings (SSSR count). The second kappa shape index (κ2) is 11.7. The highest BCUT2D eigenvalue weighted by atomic mass is 35.5. The molecule has 0 aliphatic heterocycles. The zero-order valence-electron chi connectivity index (χ0n) is 24.0. The fraction of sp³-hybridized carbons (Fsp3) is 0.147. The maximum Gasteiger partial charge on any atom is 0.268 e. The van der Waals surface area contributed by atoms with Crippen molar-refractivity contribution in [2.24, 2.45) is 0 Å². The van der Waals surface area contributed by atoms with E-state index in [-0.39, 0.29) is 4.90 Å². The molecule has 0 saturated heterocycles. The van der Waals surface area contributed by atoms with E-state index in [1.807, 2.05) is 81.7 Å². The molecule has 0 fully saturated rings. The van der Waals surface area contributed by atoms with Crippen LogP contribution in [-0.2, 0) is 23.1 Å². The minimum atomic E-state index is -3.95. The Kier molecular flexibility index (Phi) is 7.92. The molecule has 0 aliphatic rings. The summed E-state index contributed by atoms with van der Waals surface area (Å²) < 4.78 is 31.7. The van der Waals surface area contributed by atoms with Crippen LogP contribution in [0.3, 0.4) is 0 Å². The number of halogens is 2. The number of imidazole rings is 1. The molecule has 0 atom stereocenters. The summed E-state index contributed by atoms with van der Waals surface area (Å²) in [5, 5.41) is 1.86. The Bertz CT molecular complexity index is 2030. The molecule has 2 aromatic heterocycles. The van der Waals surface area contributed by atoms with Crippen molar-refractivity contribution in [2.45, 2.75) is 24.9 Å². The molecule has 9 heteroatoms. The third-order valence-electron chi connectivity index (χ3n) is 7.37. The van der Waals surface area contributed by atoms with Crippen LogP contribution < -0.4 is 0 Å². The summed E-state index contributed by atoms with van der Waals surface area (Å²) in [5.41, 5.74) is 5.79. The first-order valence-corrected chi connectivity index (χ1v) is 16.0. The summed E-state index contributed by atoms with van der Waals surface area (Å²) in [7, 11) is 0.0633. The lowest BCUT2D eigenvalue weighted by molar-refractivity contribution is 0.383. The van der Waals surface area contributed by atoms with Crippen molar-refractivity contribution < 1.29 is 8.42 Å². The summed E-state index contributed by atoms with van der Waals surface area (Å²) in [4.78, 5) is 7.46. The number of fused-ring (bicyclic) bond motifs is 1. The molecule has 6 nitrogen and oxygen atoms in total. The minimum Gasteiger partial charge on any atom is -0.322 e. The van der Waals surface area contributed by atoms with Gasteiger partial charge in [-0.1, -0.05) is 89.4 Å². The predicted molar refractivity (Wildman–Crippen MR) is 175 cm³/mol. The minimum absolute atomic E-state index is 0.202. The molecule has 0 N–H and O–H groups in total. The molecular weight excluding hydrogens is 599 g/mol. The van der Waals surface area contributed by atoms with Crippen LogP contribution in [0.2, 0.25) is 10.0 Å². The molecule has 0 saturated carbocycles. The topological polar surface area (TPSA) is 60.1 Å². The van der Waals surface area contributed by atoms with Crippen LogP contribution >= 0.6 is 23.2 Å². The van der Waals surface area contributed by atoms with Crippen LogP contribution in [0.1, 0.15) is 17.0 Å². The largest absolute Gasteiger partial charge is 0.322 e. The first kappa shape index (κ1) is 29.2. The van der Waals surface area contributed by atoms with Crippen LogP contribution in [-0.4, -0.2) is 40.9 Å². The maximum absolute atomic E-state index is 14.1. The molecule has 0 radical (unpaired) electrons. The monoisotopic (exact) mass is 628 g/mol. The molecule has 0 aliphatic carbocycles. The fourth-order valence-corrected chi connectivity index (χ4v) is 6.95. The van der Waals surface area contributed by atoms with Gasteiger partial charge in [-0.15, -0.1) is 0 Å². The Morgan fingerprint density at radius 1 is 0.837 bits per heavy atom. The predicted octanol–water partition coefficient (Wildman–Crippen LogP) is 8.13. The van der Waals surface area contributed by atoms with Crippen LogP contribution in [0.5, 0.6) is 0 Å². The van der Waals surface area contributed by atoms with E-state index >= 15 is 0 Å². The molecule has 0 spiro atoms. The van der Waals surface area contributed by atoms with Crippen LogP contribution in [0.15, 0.2) is 108 Å². The van der Waals surface area contributed by atoms with Crippen LogP contribution in [0.4, 0.5) is 0 Å². The highest BCUT2D eigenvalue weighted by molar-refractivity contribution is 7.90. The van der Waals surface area contributed by atoms with Gasteiger partial charge >= 0.3 is 0 Å². The van der Waals surface area contributed by atoms with E-state index in [4.69, 9.17) is 28.2 Å². The number of hydrogen-bond acceptors (Lipinski definition) is 4. The average Bonchev–Trinajstić information content (AvgIpc) is 3.52. The zero-order valence-corrected chi connectivity index (χ0v) is 26.3. The van der Waals surface area contributed by atoms with Gasteiger partial charge in [0.1, 0.15) is 5.82 Å². The van der Waals surface area contributed by atoms with Crippen LogP contribution in [0, 0.1) is 6.92 Å². The lowest BCUT2D eigenvalue weighted by Crippen LogP contribution is -2.16. The molecule has 218 valence electrons. The SMILES string of the molecule is Cc1ccc(S(=O)(=O)n2cc(-c3c(-c4ccccc4)nc(CN(C)C)n3Cc3ccc(Cl)cc3)c3ccc(Cl)cc32)cc1. The molecular formula is C34H30Cl2N4O2S. The van der Waals surface area contributed by atoms with E-state index < -0.39 is 10.0 Å². The number of aromatic nitrogens is 3. The van der Waals surface area contributed by atoms with E-state index in [1.165, 1.54) is 3.97 Å². The highest BCUT2D eigenvalue weighted by Crippen LogP contribution is 2.40. The molecule has 0 amide bonds. The Hall–Kier alpha value is -3.88. The van der Waals surface area contributed by atoms with Crippen molar-refractivity contribution in [3.8, 4) is 22.5 Å². The quantitative estimate of drug-likeness (QED) is 0.171. The molecule has 0 bridgehead atoms. The van der Waals surface area contributed by atoms with Gasteiger partial charge in [-0.25, -0.2) is 17.4 Å². The van der Waals surface area contributed by atoms with Gasteiger partial charge in [0.05, 0.1) is 28.3 Å². The number of hydrogen-bond donors (Lipinski definition) is 0. The van der Waals surface area contributed by atoms with Gasteiger partial charge in [-0.3, -0.25) is 0 Å². The second-order valence-electron chi connectivity index (χ2n) is 10.9. The van der Waals surface area contributed by atoms with E-state index in [9.17, 15) is 8.42 Å². The Morgan fingerprint density at radius 3 is 2.19 bits per heavy atom. The first-order valence-electron chi connectivity index (χ1n) is 13.8. The van der Waals surface area contributed by atoms with E-state index in [0.717, 1.165) is 44.9 Å². The lowest BCUT2D eigenvalue weighted by Gasteiger charge is -2.15. The van der Waals surface area contributed by atoms with E-state index in [0.29, 0.717) is 28.7 Å². The second-order valence-corrected chi connectivity index (χ2v) is 13.5. The third kappa shape index (κ3) is 5.74. The van der Waals surface area contributed by atoms with Gasteiger partial charge < -0.3 is 9.47 Å². The average molecular weight is 630 g/mol. The smallest absolute Gasteiger partial charge is 0.268 e. The van der Waals surface area contributed by atoms with Crippen molar-refractivity contribution in [3.63, 3.8) is 0 Å². The Balaban J connectivity index is 1.67. The Labute approximate surface area is 261 Å². The van der Waals surface area contributed by atoms with Crippen LogP contribution in [0.25, 0.3) is 33.4 Å². The lowest BCUT2D eigenvalue weighted by atomic mass is 10.0. The number of rotatable bonds is 8. The van der Waals surface area contributed by atoms with Crippen molar-refractivity contribution >= 4 is 44.1 Å². The molecule has 2 heterocycles. The zero-order chi connectivity index (χ0) is 30.3. The van der Waals surface area contributed by atoms with Gasteiger partial charge in [0.2, 0.25) is 0 Å². The summed E-state index contributed by atoms with van der Waals surface area (Å²) in [6, 6.07) is 30.0. The summed E-state index contributed by atoms with van der Waals surface area (Å²) in [5.74, 6) is 0.852. The van der Waals surface area contributed by atoms with E-state index in [1.54, 1.807) is 42.6 Å². The molecule has 0 unspecified atom stereocenters. The van der Waals surface area contributed by atoms with E-state index in [2.05, 4.69) is 9.47 Å². The van der Waals surface area contributed by atoms with Gasteiger partial charge in [-0.2, -0.15) is 0 Å². The van der Waals surface area contributed by atoms with Crippen molar-refractivity contribution in [2.75, 3.05) is 14.1 Å². The standard InChI is InChI=1S/C34H30Cl2N4O2S/c1-23-9-16-28(17-10-23)43(41,42)40-21-30(29-18-15-27(36)19-31(29)40)34-33(25-7-5-4-6-8-25)37-32(22-38(2)3)39(34)20-24-11-13-26(35)14-12-24/h4-19,21H,20,22H2,1-3H3. The van der Waals surface area contributed by atoms with Crippen molar-refractivity contribution in [1.29, 1.82) is 0 Å². The van der Waals surface area contributed by atoms with Crippen molar-refractivity contribution in [3.05, 3.63) is 130 Å². The molecule has 4 aromatic carbocycles. The maximum atomic E-state index is 14.1. The summed E-state index contributed by atoms with van der Waals surface area (Å²) >= 11 is 12.7. The van der Waals surface area contributed by atoms with Gasteiger partial charge in [0, 0.05) is 39.3 Å². The number of aryl methyl sites for hydroxylation is 1. The Morgan fingerprint density at radius 2 is 1.51 bits per heavy atom. The summed E-state index contributed by atoms with van der Waals surface area (Å²) in [6.07, 6.45) is 1.71. The molecule has 43 heavy (non-hydrogen) atoms. The van der Waals surface area contributed by atoms with Gasteiger partial charge in [-0.05, 0) is 63.0 Å².